The van der Waals surface area contributed by atoms with Gasteiger partial charge in [0, 0.05) is 5.56 Å². The van der Waals surface area contributed by atoms with Gasteiger partial charge in [-0.2, -0.15) is 0 Å². The number of carbonyl (C=O) groups is 2. The highest BCUT2D eigenvalue weighted by Crippen LogP contribution is 2.21. The molecule has 0 aliphatic heterocycles. The van der Waals surface area contributed by atoms with Crippen LogP contribution in [0.1, 0.15) is 44.0 Å². The first kappa shape index (κ1) is 17.7. The van der Waals surface area contributed by atoms with Gasteiger partial charge >= 0.3 is 5.97 Å². The van der Waals surface area contributed by atoms with E-state index in [0.717, 1.165) is 5.69 Å². The first-order valence-electron chi connectivity index (χ1n) is 7.77. The lowest BCUT2D eigenvalue weighted by molar-refractivity contribution is -0.139. The summed E-state index contributed by atoms with van der Waals surface area (Å²) in [7, 11) is 0. The van der Waals surface area contributed by atoms with Crippen molar-refractivity contribution in [3.63, 3.8) is 0 Å². The molecule has 2 aromatic rings. The van der Waals surface area contributed by atoms with E-state index in [-0.39, 0.29) is 5.41 Å². The molecule has 2 N–H and O–H groups in total. The summed E-state index contributed by atoms with van der Waals surface area (Å²) in [5.74, 6) is -1.42. The number of aliphatic carboxylic acids is 1. The second-order valence-corrected chi connectivity index (χ2v) is 6.86. The first-order chi connectivity index (χ1) is 11.3. The van der Waals surface area contributed by atoms with Gasteiger partial charge < -0.3 is 10.4 Å². The van der Waals surface area contributed by atoms with Crippen LogP contribution in [0, 0.1) is 5.41 Å². The van der Waals surface area contributed by atoms with Crippen molar-refractivity contribution in [3.8, 4) is 5.69 Å². The fraction of sp³-hybridized carbons (Fsp3) is 0.412. The van der Waals surface area contributed by atoms with Crippen LogP contribution in [0.3, 0.4) is 0 Å². The fourth-order valence-electron chi connectivity index (χ4n) is 2.19. The number of hydrogen-bond donors (Lipinski definition) is 2. The maximum Gasteiger partial charge on any atom is 0.326 e. The Bertz CT molecular complexity index is 688. The Morgan fingerprint density at radius 3 is 2.42 bits per heavy atom. The lowest BCUT2D eigenvalue weighted by Gasteiger charge is -2.21. The molecular weight excluding hydrogens is 308 g/mol. The fourth-order valence-corrected chi connectivity index (χ4v) is 2.19. The SMILES string of the molecule is CC(C)(C)CCC(NC(=O)c1ccc(-n2ccnn2)cc1)C(=O)O. The topological polar surface area (TPSA) is 97.1 Å². The molecule has 0 spiro atoms. The predicted molar refractivity (Wildman–Crippen MR) is 88.9 cm³/mol. The molecule has 7 nitrogen and oxygen atoms in total. The first-order valence-corrected chi connectivity index (χ1v) is 7.77. The van der Waals surface area contributed by atoms with Crippen LogP contribution in [0.15, 0.2) is 36.7 Å². The lowest BCUT2D eigenvalue weighted by Crippen LogP contribution is -2.41. The molecule has 7 heteroatoms. The van der Waals surface area contributed by atoms with Crippen molar-refractivity contribution in [1.82, 2.24) is 20.3 Å². The third kappa shape index (κ3) is 4.91. The zero-order valence-corrected chi connectivity index (χ0v) is 14.1. The van der Waals surface area contributed by atoms with Crippen LogP contribution >= 0.6 is 0 Å². The van der Waals surface area contributed by atoms with Gasteiger partial charge in [-0.15, -0.1) is 5.10 Å². The van der Waals surface area contributed by atoms with Crippen LogP contribution in [0.25, 0.3) is 5.69 Å². The van der Waals surface area contributed by atoms with E-state index in [1.54, 1.807) is 41.3 Å². The van der Waals surface area contributed by atoms with Crippen molar-refractivity contribution in [2.45, 2.75) is 39.7 Å². The molecule has 1 heterocycles. The Morgan fingerprint density at radius 2 is 1.92 bits per heavy atom. The van der Waals surface area contributed by atoms with E-state index in [1.165, 1.54) is 0 Å². The number of aromatic nitrogens is 3. The monoisotopic (exact) mass is 330 g/mol. The van der Waals surface area contributed by atoms with E-state index in [9.17, 15) is 14.7 Å². The van der Waals surface area contributed by atoms with Crippen molar-refractivity contribution in [2.75, 3.05) is 0 Å². The van der Waals surface area contributed by atoms with Gasteiger partial charge in [0.25, 0.3) is 5.91 Å². The molecule has 0 fully saturated rings. The number of hydrogen-bond acceptors (Lipinski definition) is 4. The molecule has 1 unspecified atom stereocenters. The number of carboxylic acid groups (broad SMARTS) is 1. The highest BCUT2D eigenvalue weighted by atomic mass is 16.4. The average molecular weight is 330 g/mol. The molecule has 0 aliphatic carbocycles. The largest absolute Gasteiger partial charge is 0.480 e. The number of carboxylic acids is 1. The molecule has 0 aliphatic rings. The van der Waals surface area contributed by atoms with Gasteiger partial charge in [0.1, 0.15) is 6.04 Å². The van der Waals surface area contributed by atoms with Crippen LogP contribution in [0.4, 0.5) is 0 Å². The second-order valence-electron chi connectivity index (χ2n) is 6.86. The summed E-state index contributed by atoms with van der Waals surface area (Å²) in [6, 6.07) is 5.83. The molecule has 128 valence electrons. The minimum Gasteiger partial charge on any atom is -0.480 e. The van der Waals surface area contributed by atoms with Gasteiger partial charge in [-0.05, 0) is 42.5 Å². The molecule has 24 heavy (non-hydrogen) atoms. The summed E-state index contributed by atoms with van der Waals surface area (Å²) in [6.45, 7) is 6.11. The maximum atomic E-state index is 12.3. The molecule has 1 aromatic heterocycles. The Hall–Kier alpha value is -2.70. The minimum absolute atomic E-state index is 0.0118. The second kappa shape index (κ2) is 7.25. The normalized spacial score (nSPS) is 12.6. The Labute approximate surface area is 140 Å². The zero-order valence-electron chi connectivity index (χ0n) is 14.1. The van der Waals surface area contributed by atoms with Gasteiger partial charge in [-0.1, -0.05) is 26.0 Å². The molecule has 0 bridgehead atoms. The van der Waals surface area contributed by atoms with Crippen molar-refractivity contribution >= 4 is 11.9 Å². The Morgan fingerprint density at radius 1 is 1.25 bits per heavy atom. The number of carbonyl (C=O) groups excluding carboxylic acids is 1. The Balaban J connectivity index is 2.03. The van der Waals surface area contributed by atoms with Gasteiger partial charge in [-0.25, -0.2) is 9.48 Å². The number of nitrogens with zero attached hydrogens (tertiary/aromatic N) is 3. The molecule has 2 rings (SSSR count). The quantitative estimate of drug-likeness (QED) is 0.847. The number of amides is 1. The van der Waals surface area contributed by atoms with Crippen molar-refractivity contribution in [1.29, 1.82) is 0 Å². The minimum atomic E-state index is -1.02. The molecular formula is C17H22N4O3. The zero-order chi connectivity index (χ0) is 17.7. The van der Waals surface area contributed by atoms with Gasteiger partial charge in [0.15, 0.2) is 0 Å². The average Bonchev–Trinajstić information content (AvgIpc) is 3.04. The summed E-state index contributed by atoms with van der Waals surface area (Å²) in [6.07, 6.45) is 4.35. The number of rotatable bonds is 6. The van der Waals surface area contributed by atoms with E-state index < -0.39 is 17.9 Å². The molecule has 1 amide bonds. The molecule has 0 radical (unpaired) electrons. The van der Waals surface area contributed by atoms with E-state index in [0.29, 0.717) is 18.4 Å². The molecule has 1 aromatic carbocycles. The van der Waals surface area contributed by atoms with E-state index in [2.05, 4.69) is 15.6 Å². The van der Waals surface area contributed by atoms with Gasteiger partial charge in [-0.3, -0.25) is 4.79 Å². The third-order valence-electron chi connectivity index (χ3n) is 3.60. The molecule has 0 saturated carbocycles. The predicted octanol–water partition coefficient (Wildman–Crippen LogP) is 2.28. The van der Waals surface area contributed by atoms with Crippen LogP contribution in [-0.2, 0) is 4.79 Å². The van der Waals surface area contributed by atoms with Gasteiger partial charge in [0.05, 0.1) is 18.1 Å². The van der Waals surface area contributed by atoms with E-state index >= 15 is 0 Å². The van der Waals surface area contributed by atoms with E-state index in [4.69, 9.17) is 0 Å². The van der Waals surface area contributed by atoms with Gasteiger partial charge in [0.2, 0.25) is 0 Å². The number of nitrogens with one attached hydrogen (secondary N) is 1. The Kier molecular flexibility index (Phi) is 5.33. The number of benzene rings is 1. The summed E-state index contributed by atoms with van der Waals surface area (Å²) in [5.41, 5.74) is 1.19. The summed E-state index contributed by atoms with van der Waals surface area (Å²) < 4.78 is 1.57. The highest BCUT2D eigenvalue weighted by Gasteiger charge is 2.23. The van der Waals surface area contributed by atoms with Crippen molar-refractivity contribution in [2.24, 2.45) is 5.41 Å². The van der Waals surface area contributed by atoms with Crippen LogP contribution < -0.4 is 5.32 Å². The van der Waals surface area contributed by atoms with Crippen molar-refractivity contribution in [3.05, 3.63) is 42.2 Å². The summed E-state index contributed by atoms with van der Waals surface area (Å²) in [5, 5.41) is 19.5. The van der Waals surface area contributed by atoms with Crippen LogP contribution in [0.5, 0.6) is 0 Å². The molecule has 1 atom stereocenters. The lowest BCUT2D eigenvalue weighted by atomic mass is 9.88. The maximum absolute atomic E-state index is 12.3. The standard InChI is InChI=1S/C17H22N4O3/c1-17(2,3)9-8-14(16(23)24)19-15(22)12-4-6-13(7-5-12)21-11-10-18-20-21/h4-7,10-11,14H,8-9H2,1-3H3,(H,19,22)(H,23,24). The van der Waals surface area contributed by atoms with Crippen LogP contribution in [0.2, 0.25) is 0 Å². The third-order valence-corrected chi connectivity index (χ3v) is 3.60. The van der Waals surface area contributed by atoms with Crippen LogP contribution in [-0.4, -0.2) is 38.0 Å². The summed E-state index contributed by atoms with van der Waals surface area (Å²) in [4.78, 5) is 23.6. The smallest absolute Gasteiger partial charge is 0.326 e. The highest BCUT2D eigenvalue weighted by molar-refractivity contribution is 5.96. The summed E-state index contributed by atoms with van der Waals surface area (Å²) >= 11 is 0. The van der Waals surface area contributed by atoms with E-state index in [1.807, 2.05) is 20.8 Å². The van der Waals surface area contributed by atoms with Crippen molar-refractivity contribution < 1.29 is 14.7 Å². The molecule has 0 saturated heterocycles.